The van der Waals surface area contributed by atoms with Crippen molar-refractivity contribution in [3.05, 3.63) is 60.2 Å². The lowest BCUT2D eigenvalue weighted by atomic mass is 10.2. The highest BCUT2D eigenvalue weighted by Crippen LogP contribution is 2.25. The molecule has 102 valence electrons. The quantitative estimate of drug-likeness (QED) is 0.792. The van der Waals surface area contributed by atoms with E-state index in [1.807, 2.05) is 24.3 Å². The van der Waals surface area contributed by atoms with Crippen LogP contribution in [-0.2, 0) is 4.79 Å². The number of hydrogen-bond acceptors (Lipinski definition) is 3. The number of nitrogens with zero attached hydrogens (tertiary/aromatic N) is 3. The van der Waals surface area contributed by atoms with Crippen LogP contribution < -0.4 is 9.80 Å². The van der Waals surface area contributed by atoms with E-state index in [4.69, 9.17) is 5.26 Å². The van der Waals surface area contributed by atoms with E-state index in [0.717, 1.165) is 4.90 Å². The second-order valence-electron chi connectivity index (χ2n) is 4.59. The van der Waals surface area contributed by atoms with Crippen LogP contribution in [0.15, 0.2) is 54.6 Å². The van der Waals surface area contributed by atoms with Crippen molar-refractivity contribution in [2.45, 2.75) is 0 Å². The summed E-state index contributed by atoms with van der Waals surface area (Å²) in [4.78, 5) is 27.1. The number of carbonyl (C=O) groups excluding carboxylic acids is 2. The average molecular weight is 277 g/mol. The summed E-state index contributed by atoms with van der Waals surface area (Å²) in [6, 6.07) is 17.0. The Morgan fingerprint density at radius 3 is 2.19 bits per heavy atom. The van der Waals surface area contributed by atoms with E-state index in [2.05, 4.69) is 0 Å². The maximum absolute atomic E-state index is 12.4. The summed E-state index contributed by atoms with van der Waals surface area (Å²) >= 11 is 0. The SMILES string of the molecule is N#Cc1ccc(N2C(=O)CN(c3ccccc3)C2=O)cc1. The third-order valence-corrected chi connectivity index (χ3v) is 3.29. The molecule has 1 aliphatic heterocycles. The van der Waals surface area contributed by atoms with Crippen molar-refractivity contribution in [1.29, 1.82) is 5.26 Å². The Hall–Kier alpha value is -3.13. The van der Waals surface area contributed by atoms with Crippen LogP contribution in [0.5, 0.6) is 0 Å². The highest BCUT2D eigenvalue weighted by atomic mass is 16.2. The van der Waals surface area contributed by atoms with E-state index >= 15 is 0 Å². The van der Waals surface area contributed by atoms with Crippen LogP contribution in [0.3, 0.4) is 0 Å². The first-order valence-electron chi connectivity index (χ1n) is 6.40. The second-order valence-corrected chi connectivity index (χ2v) is 4.59. The molecule has 0 unspecified atom stereocenters. The predicted molar refractivity (Wildman–Crippen MR) is 77.8 cm³/mol. The van der Waals surface area contributed by atoms with Gasteiger partial charge >= 0.3 is 6.03 Å². The first-order chi connectivity index (χ1) is 10.2. The first-order valence-corrected chi connectivity index (χ1v) is 6.40. The molecule has 3 rings (SSSR count). The molecule has 0 aromatic heterocycles. The topological polar surface area (TPSA) is 64.4 Å². The van der Waals surface area contributed by atoms with Gasteiger partial charge in [0.05, 0.1) is 17.3 Å². The number of anilines is 2. The normalized spacial score (nSPS) is 14.4. The molecule has 1 saturated heterocycles. The number of para-hydroxylation sites is 1. The van der Waals surface area contributed by atoms with Crippen LogP contribution >= 0.6 is 0 Å². The van der Waals surface area contributed by atoms with Crippen LogP contribution in [0.25, 0.3) is 0 Å². The number of benzene rings is 2. The van der Waals surface area contributed by atoms with E-state index in [0.29, 0.717) is 16.9 Å². The van der Waals surface area contributed by atoms with Gasteiger partial charge in [-0.05, 0) is 36.4 Å². The summed E-state index contributed by atoms with van der Waals surface area (Å²) in [5.74, 6) is -0.284. The zero-order valence-electron chi connectivity index (χ0n) is 11.1. The molecule has 1 fully saturated rings. The third-order valence-electron chi connectivity index (χ3n) is 3.29. The molecule has 0 spiro atoms. The maximum atomic E-state index is 12.4. The second kappa shape index (κ2) is 5.10. The molecular weight excluding hydrogens is 266 g/mol. The lowest BCUT2D eigenvalue weighted by Crippen LogP contribution is -2.32. The molecular formula is C16H11N3O2. The molecule has 0 radical (unpaired) electrons. The van der Waals surface area contributed by atoms with Gasteiger partial charge in [-0.3, -0.25) is 9.69 Å². The van der Waals surface area contributed by atoms with Crippen molar-refractivity contribution in [3.8, 4) is 6.07 Å². The minimum absolute atomic E-state index is 0.0167. The minimum Gasteiger partial charge on any atom is -0.284 e. The van der Waals surface area contributed by atoms with Gasteiger partial charge in [0.25, 0.3) is 5.91 Å². The Bertz CT molecular complexity index is 732. The Balaban J connectivity index is 1.92. The van der Waals surface area contributed by atoms with Gasteiger partial charge in [0.2, 0.25) is 0 Å². The molecule has 2 aromatic carbocycles. The summed E-state index contributed by atoms with van der Waals surface area (Å²) in [7, 11) is 0. The summed E-state index contributed by atoms with van der Waals surface area (Å²) in [6.45, 7) is 0.0167. The number of rotatable bonds is 2. The molecule has 0 bridgehead atoms. The fourth-order valence-corrected chi connectivity index (χ4v) is 2.25. The fourth-order valence-electron chi connectivity index (χ4n) is 2.25. The van der Waals surface area contributed by atoms with E-state index in [1.54, 1.807) is 36.4 Å². The number of imide groups is 1. The smallest absolute Gasteiger partial charge is 0.284 e. The lowest BCUT2D eigenvalue weighted by Gasteiger charge is -2.17. The summed E-state index contributed by atoms with van der Waals surface area (Å²) in [5, 5.41) is 8.78. The van der Waals surface area contributed by atoms with Crippen molar-refractivity contribution >= 4 is 23.3 Å². The molecule has 2 aromatic rings. The fraction of sp³-hybridized carbons (Fsp3) is 0.0625. The highest BCUT2D eigenvalue weighted by Gasteiger charge is 2.37. The van der Waals surface area contributed by atoms with E-state index in [-0.39, 0.29) is 18.5 Å². The highest BCUT2D eigenvalue weighted by molar-refractivity contribution is 6.26. The van der Waals surface area contributed by atoms with E-state index < -0.39 is 0 Å². The predicted octanol–water partition coefficient (Wildman–Crippen LogP) is 2.53. The zero-order chi connectivity index (χ0) is 14.8. The molecule has 0 aliphatic carbocycles. The molecule has 1 heterocycles. The van der Waals surface area contributed by atoms with Gasteiger partial charge in [0, 0.05) is 5.69 Å². The lowest BCUT2D eigenvalue weighted by molar-refractivity contribution is -0.115. The van der Waals surface area contributed by atoms with Gasteiger partial charge < -0.3 is 0 Å². The maximum Gasteiger partial charge on any atom is 0.336 e. The van der Waals surface area contributed by atoms with Crippen molar-refractivity contribution < 1.29 is 9.59 Å². The van der Waals surface area contributed by atoms with Crippen molar-refractivity contribution in [1.82, 2.24) is 0 Å². The minimum atomic E-state index is -0.379. The number of nitriles is 1. The molecule has 0 N–H and O–H groups in total. The Kier molecular flexibility index (Phi) is 3.13. The molecule has 5 nitrogen and oxygen atoms in total. The average Bonchev–Trinajstić information content (AvgIpc) is 2.83. The number of carbonyl (C=O) groups is 2. The van der Waals surface area contributed by atoms with Gasteiger partial charge in [-0.1, -0.05) is 18.2 Å². The molecule has 21 heavy (non-hydrogen) atoms. The van der Waals surface area contributed by atoms with Gasteiger partial charge in [0.15, 0.2) is 0 Å². The van der Waals surface area contributed by atoms with Gasteiger partial charge in [-0.25, -0.2) is 9.69 Å². The molecule has 0 saturated carbocycles. The largest absolute Gasteiger partial charge is 0.336 e. The van der Waals surface area contributed by atoms with Gasteiger partial charge in [-0.15, -0.1) is 0 Å². The van der Waals surface area contributed by atoms with Crippen molar-refractivity contribution in [2.24, 2.45) is 0 Å². The van der Waals surface area contributed by atoms with Crippen LogP contribution in [0.1, 0.15) is 5.56 Å². The summed E-state index contributed by atoms with van der Waals surface area (Å²) < 4.78 is 0. The third kappa shape index (κ3) is 2.23. The molecule has 1 aliphatic rings. The van der Waals surface area contributed by atoms with Crippen LogP contribution in [0.2, 0.25) is 0 Å². The van der Waals surface area contributed by atoms with E-state index in [1.165, 1.54) is 4.90 Å². The molecule has 5 heteroatoms. The van der Waals surface area contributed by atoms with Crippen LogP contribution in [0, 0.1) is 11.3 Å². The Morgan fingerprint density at radius 2 is 1.57 bits per heavy atom. The summed E-state index contributed by atoms with van der Waals surface area (Å²) in [5.41, 5.74) is 1.65. The standard InChI is InChI=1S/C16H11N3O2/c17-10-12-6-8-14(9-7-12)19-15(20)11-18(16(19)21)13-4-2-1-3-5-13/h1-9H,11H2. The van der Waals surface area contributed by atoms with Crippen LogP contribution in [-0.4, -0.2) is 18.5 Å². The first kappa shape index (κ1) is 12.9. The Labute approximate surface area is 121 Å². The van der Waals surface area contributed by atoms with Gasteiger partial charge in [0.1, 0.15) is 6.54 Å². The monoisotopic (exact) mass is 277 g/mol. The summed E-state index contributed by atoms with van der Waals surface area (Å²) in [6.07, 6.45) is 0. The molecule has 3 amide bonds. The molecule has 0 atom stereocenters. The zero-order valence-corrected chi connectivity index (χ0v) is 11.1. The number of hydrogen-bond donors (Lipinski definition) is 0. The van der Waals surface area contributed by atoms with Crippen molar-refractivity contribution in [2.75, 3.05) is 16.3 Å². The van der Waals surface area contributed by atoms with Gasteiger partial charge in [-0.2, -0.15) is 5.26 Å². The Morgan fingerprint density at radius 1 is 0.905 bits per heavy atom. The van der Waals surface area contributed by atoms with Crippen LogP contribution in [0.4, 0.5) is 16.2 Å². The number of urea groups is 1. The van der Waals surface area contributed by atoms with Crippen molar-refractivity contribution in [3.63, 3.8) is 0 Å². The number of amides is 3. The van der Waals surface area contributed by atoms with E-state index in [9.17, 15) is 9.59 Å².